The SMILES string of the molecule is Cc1ccnc(C)c1C(=O)N(C)C(C)C. The molecule has 15 heavy (non-hydrogen) atoms. The number of aryl methyl sites for hydroxylation is 2. The first-order valence-corrected chi connectivity index (χ1v) is 5.14. The van der Waals surface area contributed by atoms with Gasteiger partial charge in [-0.25, -0.2) is 0 Å². The average molecular weight is 206 g/mol. The monoisotopic (exact) mass is 206 g/mol. The molecule has 0 aliphatic carbocycles. The third-order valence-electron chi connectivity index (χ3n) is 2.66. The van der Waals surface area contributed by atoms with Crippen LogP contribution in [0.5, 0.6) is 0 Å². The summed E-state index contributed by atoms with van der Waals surface area (Å²) in [6.45, 7) is 7.81. The quantitative estimate of drug-likeness (QED) is 0.743. The highest BCUT2D eigenvalue weighted by Crippen LogP contribution is 2.14. The van der Waals surface area contributed by atoms with E-state index in [4.69, 9.17) is 0 Å². The van der Waals surface area contributed by atoms with Crippen molar-refractivity contribution in [3.8, 4) is 0 Å². The number of carbonyl (C=O) groups is 1. The molecule has 1 rings (SSSR count). The van der Waals surface area contributed by atoms with E-state index in [0.29, 0.717) is 0 Å². The zero-order valence-corrected chi connectivity index (χ0v) is 10.0. The molecule has 0 spiro atoms. The first kappa shape index (κ1) is 11.7. The highest BCUT2D eigenvalue weighted by molar-refractivity contribution is 5.96. The third-order valence-corrected chi connectivity index (χ3v) is 2.66. The van der Waals surface area contributed by atoms with E-state index < -0.39 is 0 Å². The zero-order chi connectivity index (χ0) is 11.6. The Morgan fingerprint density at radius 3 is 2.47 bits per heavy atom. The second kappa shape index (κ2) is 4.43. The molecule has 0 fully saturated rings. The summed E-state index contributed by atoms with van der Waals surface area (Å²) in [6, 6.07) is 2.07. The summed E-state index contributed by atoms with van der Waals surface area (Å²) in [5.74, 6) is 0.0492. The van der Waals surface area contributed by atoms with Gasteiger partial charge in [-0.2, -0.15) is 0 Å². The molecule has 0 aliphatic rings. The molecular weight excluding hydrogens is 188 g/mol. The smallest absolute Gasteiger partial charge is 0.255 e. The van der Waals surface area contributed by atoms with Gasteiger partial charge in [0.25, 0.3) is 5.91 Å². The molecule has 82 valence electrons. The first-order chi connectivity index (χ1) is 6.95. The van der Waals surface area contributed by atoms with Crippen LogP contribution in [0.1, 0.15) is 35.5 Å². The van der Waals surface area contributed by atoms with E-state index in [0.717, 1.165) is 16.8 Å². The Hall–Kier alpha value is -1.38. The molecule has 0 unspecified atom stereocenters. The maximum absolute atomic E-state index is 12.1. The van der Waals surface area contributed by atoms with Gasteiger partial charge in [0.05, 0.1) is 11.3 Å². The van der Waals surface area contributed by atoms with Crippen molar-refractivity contribution in [2.75, 3.05) is 7.05 Å². The normalized spacial score (nSPS) is 10.5. The van der Waals surface area contributed by atoms with Crippen LogP contribution in [0.15, 0.2) is 12.3 Å². The van der Waals surface area contributed by atoms with E-state index in [9.17, 15) is 4.79 Å². The molecule has 0 radical (unpaired) electrons. The number of hydrogen-bond donors (Lipinski definition) is 0. The first-order valence-electron chi connectivity index (χ1n) is 5.14. The third kappa shape index (κ3) is 2.35. The average Bonchev–Trinajstić information content (AvgIpc) is 2.15. The molecular formula is C12H18N2O. The van der Waals surface area contributed by atoms with Crippen molar-refractivity contribution in [3.05, 3.63) is 29.1 Å². The molecule has 0 saturated carbocycles. The lowest BCUT2D eigenvalue weighted by molar-refractivity contribution is 0.0753. The second-order valence-electron chi connectivity index (χ2n) is 4.10. The van der Waals surface area contributed by atoms with Gasteiger partial charge in [-0.3, -0.25) is 9.78 Å². The van der Waals surface area contributed by atoms with Crippen LogP contribution in [0.25, 0.3) is 0 Å². The Kier molecular flexibility index (Phi) is 3.45. The molecule has 1 aromatic heterocycles. The maximum Gasteiger partial charge on any atom is 0.255 e. The van der Waals surface area contributed by atoms with Crippen molar-refractivity contribution in [2.45, 2.75) is 33.7 Å². The van der Waals surface area contributed by atoms with E-state index in [-0.39, 0.29) is 11.9 Å². The van der Waals surface area contributed by atoms with Crippen LogP contribution in [0.3, 0.4) is 0 Å². The van der Waals surface area contributed by atoms with Gasteiger partial charge < -0.3 is 4.90 Å². The van der Waals surface area contributed by atoms with Crippen molar-refractivity contribution in [1.29, 1.82) is 0 Å². The Morgan fingerprint density at radius 2 is 2.00 bits per heavy atom. The fourth-order valence-electron chi connectivity index (χ4n) is 1.43. The number of amides is 1. The van der Waals surface area contributed by atoms with E-state index >= 15 is 0 Å². The minimum Gasteiger partial charge on any atom is -0.339 e. The fraction of sp³-hybridized carbons (Fsp3) is 0.500. The van der Waals surface area contributed by atoms with Crippen molar-refractivity contribution in [1.82, 2.24) is 9.88 Å². The zero-order valence-electron chi connectivity index (χ0n) is 10.0. The number of hydrogen-bond acceptors (Lipinski definition) is 2. The molecule has 1 heterocycles. The summed E-state index contributed by atoms with van der Waals surface area (Å²) in [5.41, 5.74) is 2.52. The van der Waals surface area contributed by atoms with Crippen LogP contribution >= 0.6 is 0 Å². The lowest BCUT2D eigenvalue weighted by Gasteiger charge is -2.22. The molecule has 3 heteroatoms. The van der Waals surface area contributed by atoms with Crippen molar-refractivity contribution in [3.63, 3.8) is 0 Å². The predicted molar refractivity (Wildman–Crippen MR) is 60.9 cm³/mol. The number of aromatic nitrogens is 1. The second-order valence-corrected chi connectivity index (χ2v) is 4.10. The van der Waals surface area contributed by atoms with Gasteiger partial charge in [0.15, 0.2) is 0 Å². The molecule has 1 aromatic rings. The largest absolute Gasteiger partial charge is 0.339 e. The molecule has 0 N–H and O–H groups in total. The molecule has 0 atom stereocenters. The highest BCUT2D eigenvalue weighted by Gasteiger charge is 2.18. The molecule has 0 aliphatic heterocycles. The standard InChI is InChI=1S/C12H18N2O/c1-8(2)14(5)12(15)11-9(3)6-7-13-10(11)4/h6-8H,1-5H3. The van der Waals surface area contributed by atoms with E-state index in [1.807, 2.05) is 40.8 Å². The van der Waals surface area contributed by atoms with Gasteiger partial charge in [0.1, 0.15) is 0 Å². The molecule has 0 bridgehead atoms. The molecule has 3 nitrogen and oxygen atoms in total. The summed E-state index contributed by atoms with van der Waals surface area (Å²) in [5, 5.41) is 0. The van der Waals surface area contributed by atoms with Crippen LogP contribution in [0.4, 0.5) is 0 Å². The summed E-state index contributed by atoms with van der Waals surface area (Å²) in [4.78, 5) is 18.0. The van der Waals surface area contributed by atoms with Crippen LogP contribution in [0, 0.1) is 13.8 Å². The van der Waals surface area contributed by atoms with Crippen LogP contribution in [0.2, 0.25) is 0 Å². The van der Waals surface area contributed by atoms with Crippen molar-refractivity contribution in [2.24, 2.45) is 0 Å². The minimum atomic E-state index is 0.0492. The Balaban J connectivity index is 3.11. The maximum atomic E-state index is 12.1. The Morgan fingerprint density at radius 1 is 1.40 bits per heavy atom. The van der Waals surface area contributed by atoms with Gasteiger partial charge in [0, 0.05) is 19.3 Å². The Labute approximate surface area is 91.1 Å². The molecule has 0 aromatic carbocycles. The fourth-order valence-corrected chi connectivity index (χ4v) is 1.43. The summed E-state index contributed by atoms with van der Waals surface area (Å²) >= 11 is 0. The number of rotatable bonds is 2. The lowest BCUT2D eigenvalue weighted by Crippen LogP contribution is -2.34. The van der Waals surface area contributed by atoms with Crippen LogP contribution in [-0.2, 0) is 0 Å². The summed E-state index contributed by atoms with van der Waals surface area (Å²) < 4.78 is 0. The number of carbonyl (C=O) groups excluding carboxylic acids is 1. The van der Waals surface area contributed by atoms with E-state index in [1.54, 1.807) is 11.1 Å². The molecule has 1 amide bonds. The van der Waals surface area contributed by atoms with Gasteiger partial charge in [-0.15, -0.1) is 0 Å². The van der Waals surface area contributed by atoms with Crippen molar-refractivity contribution < 1.29 is 4.79 Å². The predicted octanol–water partition coefficient (Wildman–Crippen LogP) is 2.18. The van der Waals surface area contributed by atoms with E-state index in [1.165, 1.54) is 0 Å². The number of nitrogens with zero attached hydrogens (tertiary/aromatic N) is 2. The highest BCUT2D eigenvalue weighted by atomic mass is 16.2. The van der Waals surface area contributed by atoms with Crippen molar-refractivity contribution >= 4 is 5.91 Å². The Bertz CT molecular complexity index is 352. The van der Waals surface area contributed by atoms with Crippen LogP contribution < -0.4 is 0 Å². The number of pyridine rings is 1. The summed E-state index contributed by atoms with van der Waals surface area (Å²) in [7, 11) is 1.82. The van der Waals surface area contributed by atoms with Gasteiger partial charge in [-0.05, 0) is 39.3 Å². The summed E-state index contributed by atoms with van der Waals surface area (Å²) in [6.07, 6.45) is 1.73. The lowest BCUT2D eigenvalue weighted by atomic mass is 10.1. The van der Waals surface area contributed by atoms with Gasteiger partial charge >= 0.3 is 0 Å². The topological polar surface area (TPSA) is 33.2 Å². The van der Waals surface area contributed by atoms with E-state index in [2.05, 4.69) is 4.98 Å². The van der Waals surface area contributed by atoms with Gasteiger partial charge in [-0.1, -0.05) is 0 Å². The van der Waals surface area contributed by atoms with Crippen LogP contribution in [-0.4, -0.2) is 28.9 Å². The minimum absolute atomic E-state index is 0.0492. The molecule has 0 saturated heterocycles. The van der Waals surface area contributed by atoms with Gasteiger partial charge in [0.2, 0.25) is 0 Å².